The molecule has 0 radical (unpaired) electrons. The second kappa shape index (κ2) is 10.9. The molecule has 2 unspecified atom stereocenters. The molecule has 31 heavy (non-hydrogen) atoms. The van der Waals surface area contributed by atoms with Crippen molar-refractivity contribution in [3.63, 3.8) is 0 Å². The molecule has 0 aliphatic heterocycles. The molecule has 168 valence electrons. The van der Waals surface area contributed by atoms with Crippen molar-refractivity contribution in [2.24, 2.45) is 17.3 Å². The van der Waals surface area contributed by atoms with Gasteiger partial charge in [0, 0.05) is 39.4 Å². The summed E-state index contributed by atoms with van der Waals surface area (Å²) in [4.78, 5) is 52.0. The van der Waals surface area contributed by atoms with Gasteiger partial charge in [0.15, 0.2) is 0 Å². The summed E-state index contributed by atoms with van der Waals surface area (Å²) in [5.74, 6) is -1.82. The van der Waals surface area contributed by atoms with Gasteiger partial charge < -0.3 is 0 Å². The second-order valence-electron chi connectivity index (χ2n) is 8.49. The number of nitrogens with zero attached hydrogens (tertiary/aromatic N) is 2. The topological polar surface area (TPSA) is 74.8 Å². The molecule has 0 aromatic heterocycles. The Morgan fingerprint density at radius 1 is 1.13 bits per heavy atom. The van der Waals surface area contributed by atoms with Crippen LogP contribution in [-0.2, 0) is 19.2 Å². The van der Waals surface area contributed by atoms with E-state index in [1.807, 2.05) is 26.8 Å². The van der Waals surface area contributed by atoms with Crippen molar-refractivity contribution in [3.8, 4) is 0 Å². The maximum atomic E-state index is 13.2. The van der Waals surface area contributed by atoms with Crippen LogP contribution < -0.4 is 0 Å². The summed E-state index contributed by atoms with van der Waals surface area (Å²) in [5.41, 5.74) is 3.34. The van der Waals surface area contributed by atoms with E-state index < -0.39 is 11.3 Å². The smallest absolute Gasteiger partial charge is 0.264 e. The highest BCUT2D eigenvalue weighted by atomic mass is 16.2. The number of rotatable bonds is 5. The minimum Gasteiger partial charge on any atom is -0.282 e. The minimum absolute atomic E-state index is 0.000313. The normalized spacial score (nSPS) is 21.5. The Morgan fingerprint density at radius 2 is 1.68 bits per heavy atom. The highest BCUT2D eigenvalue weighted by Gasteiger charge is 2.42. The van der Waals surface area contributed by atoms with Gasteiger partial charge in [-0.1, -0.05) is 51.7 Å². The first-order chi connectivity index (χ1) is 14.4. The summed E-state index contributed by atoms with van der Waals surface area (Å²) in [6.07, 6.45) is 9.53. The molecule has 0 saturated heterocycles. The van der Waals surface area contributed by atoms with Crippen molar-refractivity contribution in [1.82, 2.24) is 9.80 Å². The Morgan fingerprint density at radius 3 is 2.16 bits per heavy atom. The zero-order valence-corrected chi connectivity index (χ0v) is 19.7. The maximum Gasteiger partial charge on any atom is 0.264 e. The first-order valence-corrected chi connectivity index (χ1v) is 10.4. The summed E-state index contributed by atoms with van der Waals surface area (Å²) in [6.45, 7) is 12.4. The molecule has 0 saturated carbocycles. The number of amides is 4. The van der Waals surface area contributed by atoms with Crippen LogP contribution in [0.3, 0.4) is 0 Å². The Kier molecular flexibility index (Phi) is 9.14. The molecule has 0 heterocycles. The summed E-state index contributed by atoms with van der Waals surface area (Å²) in [7, 11) is 2.91. The Balaban J connectivity index is 3.74. The first kappa shape index (κ1) is 26.1. The van der Waals surface area contributed by atoms with Gasteiger partial charge in [-0.25, -0.2) is 0 Å². The number of hydrogen-bond acceptors (Lipinski definition) is 4. The zero-order chi connectivity index (χ0) is 23.9. The lowest BCUT2D eigenvalue weighted by molar-refractivity contribution is -0.141. The molecule has 0 aromatic rings. The Bertz CT molecular complexity index is 887. The standard InChI is InChI=1S/C25H34N2O4/c1-9-10-15-25(6)16-20(23(30)26(7)18(4)28)13-11-12-14-21(22(25)17(2)3)24(31)27(8)19(5)29/h9-10,12-13,15,17,22H,1,11,16H2,2-8H3/b15-10-,20-13?. The average molecular weight is 427 g/mol. The predicted molar refractivity (Wildman–Crippen MR) is 122 cm³/mol. The lowest BCUT2D eigenvalue weighted by Gasteiger charge is -2.39. The van der Waals surface area contributed by atoms with Crippen LogP contribution in [-0.4, -0.2) is 47.5 Å². The van der Waals surface area contributed by atoms with Gasteiger partial charge in [-0.3, -0.25) is 29.0 Å². The van der Waals surface area contributed by atoms with Crippen LogP contribution in [0.15, 0.2) is 53.8 Å². The van der Waals surface area contributed by atoms with Gasteiger partial charge in [-0.2, -0.15) is 0 Å². The van der Waals surface area contributed by atoms with Crippen LogP contribution in [0.2, 0.25) is 0 Å². The first-order valence-electron chi connectivity index (χ1n) is 10.4. The van der Waals surface area contributed by atoms with E-state index in [1.54, 1.807) is 24.3 Å². The molecule has 0 fully saturated rings. The van der Waals surface area contributed by atoms with E-state index in [2.05, 4.69) is 12.3 Å². The van der Waals surface area contributed by atoms with Crippen LogP contribution >= 0.6 is 0 Å². The van der Waals surface area contributed by atoms with Crippen LogP contribution in [0.25, 0.3) is 0 Å². The Hall–Kier alpha value is -2.98. The van der Waals surface area contributed by atoms with E-state index >= 15 is 0 Å². The van der Waals surface area contributed by atoms with Crippen molar-refractivity contribution in [1.29, 1.82) is 0 Å². The van der Waals surface area contributed by atoms with E-state index in [0.29, 0.717) is 24.0 Å². The van der Waals surface area contributed by atoms with E-state index in [0.717, 1.165) is 9.80 Å². The van der Waals surface area contributed by atoms with E-state index in [-0.39, 0.29) is 29.6 Å². The number of hydrogen-bond donors (Lipinski definition) is 0. The third-order valence-corrected chi connectivity index (χ3v) is 5.67. The van der Waals surface area contributed by atoms with Crippen LogP contribution in [0.5, 0.6) is 0 Å². The lowest BCUT2D eigenvalue weighted by Crippen LogP contribution is -2.41. The van der Waals surface area contributed by atoms with Crippen molar-refractivity contribution in [2.45, 2.75) is 47.5 Å². The predicted octanol–water partition coefficient (Wildman–Crippen LogP) is 3.82. The molecule has 0 spiro atoms. The molecule has 1 aliphatic rings. The number of likely N-dealkylation sites (N-methyl/N-ethyl adjacent to an activating group) is 2. The van der Waals surface area contributed by atoms with Crippen molar-refractivity contribution < 1.29 is 19.2 Å². The fourth-order valence-corrected chi connectivity index (χ4v) is 3.97. The van der Waals surface area contributed by atoms with Gasteiger partial charge >= 0.3 is 0 Å². The van der Waals surface area contributed by atoms with Crippen LogP contribution in [0.1, 0.15) is 47.5 Å². The molecule has 1 rings (SSSR count). The average Bonchev–Trinajstić information content (AvgIpc) is 2.77. The maximum absolute atomic E-state index is 13.2. The van der Waals surface area contributed by atoms with Gasteiger partial charge in [0.05, 0.1) is 5.57 Å². The highest BCUT2D eigenvalue weighted by molar-refractivity contribution is 6.04. The largest absolute Gasteiger partial charge is 0.282 e. The molecule has 2 atom stereocenters. The molecule has 4 amide bonds. The molecule has 6 nitrogen and oxygen atoms in total. The molecular formula is C25H34N2O4. The Labute approximate surface area is 185 Å². The van der Waals surface area contributed by atoms with E-state index in [9.17, 15) is 19.2 Å². The summed E-state index contributed by atoms with van der Waals surface area (Å²) in [5, 5.41) is 0. The van der Waals surface area contributed by atoms with Gasteiger partial charge in [0.25, 0.3) is 11.8 Å². The van der Waals surface area contributed by atoms with Crippen molar-refractivity contribution in [3.05, 3.63) is 53.8 Å². The molecule has 0 N–H and O–H groups in total. The van der Waals surface area contributed by atoms with E-state index in [1.165, 1.54) is 27.9 Å². The summed E-state index contributed by atoms with van der Waals surface area (Å²) in [6, 6.07) is 0. The second-order valence-corrected chi connectivity index (χ2v) is 8.49. The third-order valence-electron chi connectivity index (χ3n) is 5.67. The molecular weight excluding hydrogens is 392 g/mol. The van der Waals surface area contributed by atoms with E-state index in [4.69, 9.17) is 0 Å². The molecule has 6 heteroatoms. The van der Waals surface area contributed by atoms with Crippen LogP contribution in [0.4, 0.5) is 0 Å². The molecule has 1 aliphatic carbocycles. The lowest BCUT2D eigenvalue weighted by atomic mass is 9.64. The monoisotopic (exact) mass is 426 g/mol. The third kappa shape index (κ3) is 6.25. The number of carbonyl (C=O) groups excluding carboxylic acids is 4. The van der Waals surface area contributed by atoms with Gasteiger partial charge in [0.1, 0.15) is 0 Å². The van der Waals surface area contributed by atoms with Gasteiger partial charge in [-0.15, -0.1) is 5.73 Å². The summed E-state index contributed by atoms with van der Waals surface area (Å²) >= 11 is 0. The summed E-state index contributed by atoms with van der Waals surface area (Å²) < 4.78 is 0. The van der Waals surface area contributed by atoms with Gasteiger partial charge in [0.2, 0.25) is 11.8 Å². The molecule has 0 bridgehead atoms. The minimum atomic E-state index is -0.671. The quantitative estimate of drug-likeness (QED) is 0.495. The molecule has 0 aromatic carbocycles. The SMILES string of the molecule is C=C/C=C\C1(C)CC(C(=O)N(C)C(C)=O)=CCC=C=C(C(=O)N(C)C(C)=O)C1C(C)C. The highest BCUT2D eigenvalue weighted by Crippen LogP contribution is 2.45. The number of allylic oxidation sites excluding steroid dienone is 4. The van der Waals surface area contributed by atoms with Crippen LogP contribution in [0, 0.1) is 17.3 Å². The van der Waals surface area contributed by atoms with Crippen molar-refractivity contribution >= 4 is 23.6 Å². The fourth-order valence-electron chi connectivity index (χ4n) is 3.97. The number of carbonyl (C=O) groups is 4. The fraction of sp³-hybridized carbons (Fsp3) is 0.480. The van der Waals surface area contributed by atoms with Gasteiger partial charge in [-0.05, 0) is 30.3 Å². The zero-order valence-electron chi connectivity index (χ0n) is 19.7. The number of imide groups is 2. The van der Waals surface area contributed by atoms with Crippen molar-refractivity contribution in [2.75, 3.05) is 14.1 Å².